The van der Waals surface area contributed by atoms with Crippen LogP contribution in [0.2, 0.25) is 0 Å². The van der Waals surface area contributed by atoms with Crippen molar-refractivity contribution in [1.29, 1.82) is 0 Å². The quantitative estimate of drug-likeness (QED) is 0.671. The first-order chi connectivity index (χ1) is 13.6. The van der Waals surface area contributed by atoms with Crippen LogP contribution in [0.5, 0.6) is 0 Å². The highest BCUT2D eigenvalue weighted by molar-refractivity contribution is 6.00. The van der Waals surface area contributed by atoms with Crippen LogP contribution in [-0.2, 0) is 17.8 Å². The van der Waals surface area contributed by atoms with E-state index in [1.807, 2.05) is 61.3 Å². The molecule has 0 atom stereocenters. The van der Waals surface area contributed by atoms with Crippen LogP contribution >= 0.6 is 0 Å². The molecule has 1 aliphatic heterocycles. The first-order valence-electron chi connectivity index (χ1n) is 9.74. The molecule has 0 radical (unpaired) electrons. The van der Waals surface area contributed by atoms with Gasteiger partial charge in [-0.05, 0) is 62.7 Å². The molecule has 6 nitrogen and oxygen atoms in total. The number of hydrogen-bond donors (Lipinski definition) is 3. The Kier molecular flexibility index (Phi) is 6.66. The predicted molar refractivity (Wildman–Crippen MR) is 113 cm³/mol. The van der Waals surface area contributed by atoms with E-state index in [-0.39, 0.29) is 11.9 Å². The number of rotatable bonds is 6. The van der Waals surface area contributed by atoms with Crippen LogP contribution < -0.4 is 16.0 Å². The molecule has 3 rings (SSSR count). The SMILES string of the molecule is CNCCCC(=O)N1CCc2c(cccc2NC(=O)Nc2ccc(C)cc2)C1. The number of urea groups is 1. The number of anilines is 2. The van der Waals surface area contributed by atoms with Crippen LogP contribution in [0.1, 0.15) is 29.5 Å². The average Bonchev–Trinajstić information content (AvgIpc) is 2.69. The number of hydrogen-bond acceptors (Lipinski definition) is 3. The van der Waals surface area contributed by atoms with E-state index >= 15 is 0 Å². The van der Waals surface area contributed by atoms with Gasteiger partial charge in [-0.2, -0.15) is 0 Å². The Morgan fingerprint density at radius 1 is 1.07 bits per heavy atom. The summed E-state index contributed by atoms with van der Waals surface area (Å²) in [5, 5.41) is 8.89. The molecule has 28 heavy (non-hydrogen) atoms. The summed E-state index contributed by atoms with van der Waals surface area (Å²) in [6.07, 6.45) is 2.15. The second-order valence-electron chi connectivity index (χ2n) is 7.16. The van der Waals surface area contributed by atoms with E-state index in [0.29, 0.717) is 19.5 Å². The van der Waals surface area contributed by atoms with Crippen LogP contribution in [0.15, 0.2) is 42.5 Å². The number of nitrogens with zero attached hydrogens (tertiary/aromatic N) is 1. The Balaban J connectivity index is 1.62. The van der Waals surface area contributed by atoms with Gasteiger partial charge in [0.05, 0.1) is 0 Å². The van der Waals surface area contributed by atoms with Gasteiger partial charge in [0, 0.05) is 30.9 Å². The first-order valence-corrected chi connectivity index (χ1v) is 9.74. The van der Waals surface area contributed by atoms with Gasteiger partial charge in [-0.15, -0.1) is 0 Å². The molecular formula is C22H28N4O2. The number of aryl methyl sites for hydroxylation is 1. The lowest BCUT2D eigenvalue weighted by molar-refractivity contribution is -0.132. The Bertz CT molecular complexity index is 833. The van der Waals surface area contributed by atoms with Crippen LogP contribution in [0.4, 0.5) is 16.2 Å². The smallest absolute Gasteiger partial charge is 0.323 e. The maximum Gasteiger partial charge on any atom is 0.323 e. The zero-order valence-electron chi connectivity index (χ0n) is 16.5. The molecular weight excluding hydrogens is 352 g/mol. The summed E-state index contributed by atoms with van der Waals surface area (Å²) in [6, 6.07) is 13.3. The summed E-state index contributed by atoms with van der Waals surface area (Å²) >= 11 is 0. The fraction of sp³-hybridized carbons (Fsp3) is 0.364. The molecule has 0 saturated carbocycles. The average molecular weight is 380 g/mol. The Morgan fingerprint density at radius 2 is 1.86 bits per heavy atom. The number of fused-ring (bicyclic) bond motifs is 1. The van der Waals surface area contributed by atoms with Crippen molar-refractivity contribution in [2.45, 2.75) is 32.7 Å². The van der Waals surface area contributed by atoms with Gasteiger partial charge >= 0.3 is 6.03 Å². The number of benzene rings is 2. The van der Waals surface area contributed by atoms with Crippen molar-refractivity contribution in [1.82, 2.24) is 10.2 Å². The number of carbonyl (C=O) groups excluding carboxylic acids is 2. The molecule has 2 aromatic carbocycles. The largest absolute Gasteiger partial charge is 0.338 e. The lowest BCUT2D eigenvalue weighted by atomic mass is 9.97. The van der Waals surface area contributed by atoms with E-state index in [4.69, 9.17) is 0 Å². The summed E-state index contributed by atoms with van der Waals surface area (Å²) < 4.78 is 0. The Labute approximate surface area is 166 Å². The van der Waals surface area contributed by atoms with Crippen molar-refractivity contribution < 1.29 is 9.59 Å². The summed E-state index contributed by atoms with van der Waals surface area (Å²) in [5.74, 6) is 0.191. The first kappa shape index (κ1) is 19.9. The van der Waals surface area contributed by atoms with E-state index < -0.39 is 0 Å². The third kappa shape index (κ3) is 5.10. The summed E-state index contributed by atoms with van der Waals surface area (Å²) in [4.78, 5) is 26.7. The van der Waals surface area contributed by atoms with E-state index in [1.54, 1.807) is 0 Å². The minimum absolute atomic E-state index is 0.191. The second kappa shape index (κ2) is 9.37. The summed E-state index contributed by atoms with van der Waals surface area (Å²) in [7, 11) is 1.89. The van der Waals surface area contributed by atoms with Gasteiger partial charge in [0.1, 0.15) is 0 Å². The molecule has 1 aliphatic rings. The van der Waals surface area contributed by atoms with E-state index in [1.165, 1.54) is 0 Å². The third-order valence-electron chi connectivity index (χ3n) is 4.99. The minimum atomic E-state index is -0.261. The summed E-state index contributed by atoms with van der Waals surface area (Å²) in [6.45, 7) is 4.14. The maximum absolute atomic E-state index is 12.4. The van der Waals surface area contributed by atoms with Gasteiger partial charge in [0.25, 0.3) is 0 Å². The molecule has 0 unspecified atom stereocenters. The highest BCUT2D eigenvalue weighted by Crippen LogP contribution is 2.27. The molecule has 3 N–H and O–H groups in total. The van der Waals surface area contributed by atoms with Crippen molar-refractivity contribution in [2.75, 3.05) is 30.8 Å². The van der Waals surface area contributed by atoms with Gasteiger partial charge in [-0.25, -0.2) is 4.79 Å². The highest BCUT2D eigenvalue weighted by Gasteiger charge is 2.22. The lowest BCUT2D eigenvalue weighted by Crippen LogP contribution is -2.36. The minimum Gasteiger partial charge on any atom is -0.338 e. The third-order valence-corrected chi connectivity index (χ3v) is 4.99. The van der Waals surface area contributed by atoms with Crippen molar-refractivity contribution in [2.24, 2.45) is 0 Å². The van der Waals surface area contributed by atoms with Crippen LogP contribution in [0, 0.1) is 6.92 Å². The van der Waals surface area contributed by atoms with Gasteiger partial charge in [0.15, 0.2) is 0 Å². The van der Waals surface area contributed by atoms with Gasteiger partial charge in [-0.3, -0.25) is 4.79 Å². The van der Waals surface area contributed by atoms with Gasteiger partial charge < -0.3 is 20.9 Å². The summed E-state index contributed by atoms with van der Waals surface area (Å²) in [5.41, 5.74) is 4.92. The van der Waals surface area contributed by atoms with E-state index in [9.17, 15) is 9.59 Å². The standard InChI is InChI=1S/C22H28N4O2/c1-16-8-10-18(11-9-16)24-22(28)25-20-6-3-5-17-15-26(14-12-19(17)20)21(27)7-4-13-23-2/h3,5-6,8-11,23H,4,7,12-15H2,1-2H3,(H2,24,25,28). The number of carbonyl (C=O) groups is 2. The van der Waals surface area contributed by atoms with Gasteiger partial charge in [0.2, 0.25) is 5.91 Å². The van der Waals surface area contributed by atoms with E-state index in [2.05, 4.69) is 16.0 Å². The lowest BCUT2D eigenvalue weighted by Gasteiger charge is -2.30. The van der Waals surface area contributed by atoms with Crippen molar-refractivity contribution in [3.05, 3.63) is 59.2 Å². The van der Waals surface area contributed by atoms with Crippen molar-refractivity contribution >= 4 is 23.3 Å². The molecule has 0 aliphatic carbocycles. The Hall–Kier alpha value is -2.86. The molecule has 3 amide bonds. The molecule has 6 heteroatoms. The topological polar surface area (TPSA) is 73.5 Å². The fourth-order valence-corrected chi connectivity index (χ4v) is 3.44. The van der Waals surface area contributed by atoms with Crippen LogP contribution in [0.3, 0.4) is 0 Å². The predicted octanol–water partition coefficient (Wildman–Crippen LogP) is 3.52. The molecule has 0 bridgehead atoms. The van der Waals surface area contributed by atoms with Crippen molar-refractivity contribution in [3.63, 3.8) is 0 Å². The molecule has 1 heterocycles. The molecule has 0 aromatic heterocycles. The number of amides is 3. The molecule has 148 valence electrons. The fourth-order valence-electron chi connectivity index (χ4n) is 3.44. The van der Waals surface area contributed by atoms with Crippen LogP contribution in [-0.4, -0.2) is 37.0 Å². The monoisotopic (exact) mass is 380 g/mol. The maximum atomic E-state index is 12.4. The Morgan fingerprint density at radius 3 is 2.61 bits per heavy atom. The zero-order chi connectivity index (χ0) is 19.9. The zero-order valence-corrected chi connectivity index (χ0v) is 16.5. The van der Waals surface area contributed by atoms with Gasteiger partial charge in [-0.1, -0.05) is 29.8 Å². The molecule has 0 saturated heterocycles. The van der Waals surface area contributed by atoms with Crippen LogP contribution in [0.25, 0.3) is 0 Å². The normalized spacial score (nSPS) is 13.0. The molecule has 2 aromatic rings. The molecule has 0 fully saturated rings. The molecule has 0 spiro atoms. The highest BCUT2D eigenvalue weighted by atomic mass is 16.2. The number of nitrogens with one attached hydrogen (secondary N) is 3. The second-order valence-corrected chi connectivity index (χ2v) is 7.16. The van der Waals surface area contributed by atoms with E-state index in [0.717, 1.165) is 47.5 Å². The van der Waals surface area contributed by atoms with Crippen molar-refractivity contribution in [3.8, 4) is 0 Å².